The molecule has 0 radical (unpaired) electrons. The molecule has 1 unspecified atom stereocenters. The van der Waals surface area contributed by atoms with Crippen LogP contribution in [-0.4, -0.2) is 19.8 Å². The standard InChI is InChI=1S/C12H16FNO/c13-11-3-1-10(2-4-11)12(5-7-14)6-8-15-9-12/h1-4H,5-9,14H2. The van der Waals surface area contributed by atoms with Gasteiger partial charge >= 0.3 is 0 Å². The van der Waals surface area contributed by atoms with Crippen molar-refractivity contribution in [3.63, 3.8) is 0 Å². The van der Waals surface area contributed by atoms with Crippen LogP contribution in [0.4, 0.5) is 4.39 Å². The van der Waals surface area contributed by atoms with E-state index in [2.05, 4.69) is 0 Å². The predicted molar refractivity (Wildman–Crippen MR) is 57.2 cm³/mol. The lowest BCUT2D eigenvalue weighted by Gasteiger charge is -2.27. The minimum Gasteiger partial charge on any atom is -0.380 e. The first-order valence-corrected chi connectivity index (χ1v) is 5.31. The number of hydrogen-bond acceptors (Lipinski definition) is 2. The fourth-order valence-electron chi connectivity index (χ4n) is 2.26. The largest absolute Gasteiger partial charge is 0.380 e. The molecule has 0 aliphatic carbocycles. The van der Waals surface area contributed by atoms with Crippen LogP contribution in [0.15, 0.2) is 24.3 Å². The van der Waals surface area contributed by atoms with E-state index in [1.165, 1.54) is 12.1 Å². The van der Waals surface area contributed by atoms with Crippen LogP contribution < -0.4 is 5.73 Å². The molecule has 1 aliphatic rings. The highest BCUT2D eigenvalue weighted by molar-refractivity contribution is 5.27. The summed E-state index contributed by atoms with van der Waals surface area (Å²) in [7, 11) is 0. The number of halogens is 1. The van der Waals surface area contributed by atoms with Crippen molar-refractivity contribution < 1.29 is 9.13 Å². The number of ether oxygens (including phenoxy) is 1. The van der Waals surface area contributed by atoms with Crippen molar-refractivity contribution in [2.24, 2.45) is 5.73 Å². The summed E-state index contributed by atoms with van der Waals surface area (Å²) in [6, 6.07) is 6.71. The molecule has 2 nitrogen and oxygen atoms in total. The summed E-state index contributed by atoms with van der Waals surface area (Å²) >= 11 is 0. The van der Waals surface area contributed by atoms with Crippen LogP contribution in [0.5, 0.6) is 0 Å². The summed E-state index contributed by atoms with van der Waals surface area (Å²) in [4.78, 5) is 0. The van der Waals surface area contributed by atoms with Gasteiger partial charge in [-0.25, -0.2) is 4.39 Å². The Morgan fingerprint density at radius 3 is 2.60 bits per heavy atom. The molecule has 82 valence electrons. The fourth-order valence-corrected chi connectivity index (χ4v) is 2.26. The number of nitrogens with two attached hydrogens (primary N) is 1. The van der Waals surface area contributed by atoms with E-state index in [-0.39, 0.29) is 11.2 Å². The predicted octanol–water partition coefficient (Wildman–Crippen LogP) is 1.83. The SMILES string of the molecule is NCCC1(c2ccc(F)cc2)CCOC1. The summed E-state index contributed by atoms with van der Waals surface area (Å²) in [5.74, 6) is -0.194. The van der Waals surface area contributed by atoms with E-state index < -0.39 is 0 Å². The van der Waals surface area contributed by atoms with Crippen molar-refractivity contribution in [1.82, 2.24) is 0 Å². The van der Waals surface area contributed by atoms with Crippen LogP contribution in [0.25, 0.3) is 0 Å². The molecule has 0 bridgehead atoms. The van der Waals surface area contributed by atoms with Crippen LogP contribution in [0.1, 0.15) is 18.4 Å². The smallest absolute Gasteiger partial charge is 0.123 e. The van der Waals surface area contributed by atoms with Crippen LogP contribution in [0.3, 0.4) is 0 Å². The Bertz CT molecular complexity index is 317. The number of benzene rings is 1. The quantitative estimate of drug-likeness (QED) is 0.824. The van der Waals surface area contributed by atoms with E-state index >= 15 is 0 Å². The molecule has 15 heavy (non-hydrogen) atoms. The molecule has 3 heteroatoms. The molecule has 1 fully saturated rings. The second-order valence-corrected chi connectivity index (χ2v) is 4.13. The zero-order valence-electron chi connectivity index (χ0n) is 8.71. The van der Waals surface area contributed by atoms with Gasteiger partial charge in [0, 0.05) is 12.0 Å². The van der Waals surface area contributed by atoms with Crippen molar-refractivity contribution in [2.45, 2.75) is 18.3 Å². The van der Waals surface area contributed by atoms with Gasteiger partial charge in [0.1, 0.15) is 5.82 Å². The molecule has 1 aliphatic heterocycles. The third-order valence-corrected chi connectivity index (χ3v) is 3.18. The average Bonchev–Trinajstić information content (AvgIpc) is 2.69. The van der Waals surface area contributed by atoms with Gasteiger partial charge in [0.15, 0.2) is 0 Å². The van der Waals surface area contributed by atoms with E-state index in [9.17, 15) is 4.39 Å². The minimum absolute atomic E-state index is 0.0163. The van der Waals surface area contributed by atoms with Gasteiger partial charge in [-0.3, -0.25) is 0 Å². The van der Waals surface area contributed by atoms with E-state index in [1.54, 1.807) is 0 Å². The molecular formula is C12H16FNO. The lowest BCUT2D eigenvalue weighted by Crippen LogP contribution is -2.29. The molecule has 0 spiro atoms. The van der Waals surface area contributed by atoms with Crippen molar-refractivity contribution in [3.05, 3.63) is 35.6 Å². The molecule has 0 amide bonds. The van der Waals surface area contributed by atoms with Gasteiger partial charge in [-0.15, -0.1) is 0 Å². The third kappa shape index (κ3) is 2.03. The highest BCUT2D eigenvalue weighted by atomic mass is 19.1. The van der Waals surface area contributed by atoms with Gasteiger partial charge in [-0.05, 0) is 37.1 Å². The molecule has 1 atom stereocenters. The first kappa shape index (κ1) is 10.6. The zero-order valence-corrected chi connectivity index (χ0v) is 8.71. The maximum absolute atomic E-state index is 12.8. The molecule has 1 heterocycles. The lowest BCUT2D eigenvalue weighted by molar-refractivity contribution is 0.175. The van der Waals surface area contributed by atoms with Gasteiger partial charge in [0.05, 0.1) is 6.61 Å². The Kier molecular flexibility index (Phi) is 3.03. The summed E-state index contributed by atoms with van der Waals surface area (Å²) in [5.41, 5.74) is 6.79. The normalized spacial score (nSPS) is 25.7. The summed E-state index contributed by atoms with van der Waals surface area (Å²) in [6.07, 6.45) is 1.88. The van der Waals surface area contributed by atoms with Gasteiger partial charge in [0.2, 0.25) is 0 Å². The maximum atomic E-state index is 12.8. The van der Waals surface area contributed by atoms with E-state index in [1.807, 2.05) is 12.1 Å². The highest BCUT2D eigenvalue weighted by Gasteiger charge is 2.35. The summed E-state index contributed by atoms with van der Waals surface area (Å²) < 4.78 is 18.3. The Morgan fingerprint density at radius 2 is 2.07 bits per heavy atom. The van der Waals surface area contributed by atoms with Crippen molar-refractivity contribution in [3.8, 4) is 0 Å². The van der Waals surface area contributed by atoms with Gasteiger partial charge in [-0.2, -0.15) is 0 Å². The van der Waals surface area contributed by atoms with E-state index in [0.29, 0.717) is 13.2 Å². The first-order valence-electron chi connectivity index (χ1n) is 5.31. The van der Waals surface area contributed by atoms with E-state index in [0.717, 1.165) is 25.0 Å². The molecule has 1 saturated heterocycles. The minimum atomic E-state index is -0.194. The maximum Gasteiger partial charge on any atom is 0.123 e. The lowest BCUT2D eigenvalue weighted by atomic mass is 9.77. The van der Waals surface area contributed by atoms with Crippen LogP contribution in [0.2, 0.25) is 0 Å². The van der Waals surface area contributed by atoms with Gasteiger partial charge in [0.25, 0.3) is 0 Å². The zero-order chi connectivity index (χ0) is 10.7. The number of rotatable bonds is 3. The molecule has 1 aromatic carbocycles. The van der Waals surface area contributed by atoms with Crippen molar-refractivity contribution >= 4 is 0 Å². The number of hydrogen-bond donors (Lipinski definition) is 1. The van der Waals surface area contributed by atoms with Gasteiger partial charge < -0.3 is 10.5 Å². The van der Waals surface area contributed by atoms with Gasteiger partial charge in [-0.1, -0.05) is 12.1 Å². The monoisotopic (exact) mass is 209 g/mol. The Hall–Kier alpha value is -0.930. The molecule has 2 N–H and O–H groups in total. The van der Waals surface area contributed by atoms with E-state index in [4.69, 9.17) is 10.5 Å². The van der Waals surface area contributed by atoms with Crippen molar-refractivity contribution in [1.29, 1.82) is 0 Å². The summed E-state index contributed by atoms with van der Waals surface area (Å²) in [5, 5.41) is 0. The van der Waals surface area contributed by atoms with Crippen molar-refractivity contribution in [2.75, 3.05) is 19.8 Å². The Morgan fingerprint density at radius 1 is 1.33 bits per heavy atom. The second kappa shape index (κ2) is 4.29. The topological polar surface area (TPSA) is 35.2 Å². The first-order chi connectivity index (χ1) is 7.27. The fraction of sp³-hybridized carbons (Fsp3) is 0.500. The van der Waals surface area contributed by atoms with Crippen LogP contribution >= 0.6 is 0 Å². The summed E-state index contributed by atoms with van der Waals surface area (Å²) in [6.45, 7) is 2.12. The Labute approximate surface area is 89.2 Å². The molecule has 0 aromatic heterocycles. The molecule has 0 saturated carbocycles. The third-order valence-electron chi connectivity index (χ3n) is 3.18. The van der Waals surface area contributed by atoms with Crippen LogP contribution in [0, 0.1) is 5.82 Å². The molecular weight excluding hydrogens is 193 g/mol. The highest BCUT2D eigenvalue weighted by Crippen LogP contribution is 2.36. The second-order valence-electron chi connectivity index (χ2n) is 4.13. The average molecular weight is 209 g/mol. The molecule has 2 rings (SSSR count). The van der Waals surface area contributed by atoms with Crippen LogP contribution in [-0.2, 0) is 10.2 Å². The molecule has 1 aromatic rings. The Balaban J connectivity index is 2.28.